The number of aliphatic hydroxyl groups excluding tert-OH is 1. The second kappa shape index (κ2) is 7.50. The monoisotopic (exact) mass is 293 g/mol. The van der Waals surface area contributed by atoms with E-state index < -0.39 is 0 Å². The van der Waals surface area contributed by atoms with Crippen LogP contribution in [-0.4, -0.2) is 46.3 Å². The van der Waals surface area contributed by atoms with Crippen LogP contribution in [0.3, 0.4) is 0 Å². The Bertz CT molecular complexity index is 458. The van der Waals surface area contributed by atoms with E-state index in [9.17, 15) is 9.90 Å². The Labute approximate surface area is 126 Å². The van der Waals surface area contributed by atoms with Crippen LogP contribution in [0.1, 0.15) is 31.9 Å². The Morgan fingerprint density at radius 3 is 3.05 bits per heavy atom. The first-order valence-electron chi connectivity index (χ1n) is 7.86. The zero-order chi connectivity index (χ0) is 15.2. The van der Waals surface area contributed by atoms with Gasteiger partial charge in [0.05, 0.1) is 0 Å². The second-order valence-corrected chi connectivity index (χ2v) is 6.14. The van der Waals surface area contributed by atoms with Gasteiger partial charge < -0.3 is 19.9 Å². The molecule has 21 heavy (non-hydrogen) atoms. The van der Waals surface area contributed by atoms with Gasteiger partial charge in [-0.15, -0.1) is 0 Å². The number of aryl methyl sites for hydroxylation is 2. The zero-order valence-corrected chi connectivity index (χ0v) is 13.1. The van der Waals surface area contributed by atoms with Crippen LogP contribution in [0.25, 0.3) is 0 Å². The van der Waals surface area contributed by atoms with Crippen molar-refractivity contribution in [2.75, 3.05) is 19.7 Å². The van der Waals surface area contributed by atoms with Crippen molar-refractivity contribution in [2.24, 2.45) is 13.0 Å². The van der Waals surface area contributed by atoms with Gasteiger partial charge in [0.25, 0.3) is 0 Å². The number of likely N-dealkylation sites (tertiary alicyclic amines) is 1. The molecule has 1 aromatic heterocycles. The van der Waals surface area contributed by atoms with Crippen LogP contribution in [0.2, 0.25) is 0 Å². The first-order valence-corrected chi connectivity index (χ1v) is 7.86. The number of aromatic nitrogens is 1. The van der Waals surface area contributed by atoms with E-state index in [-0.39, 0.29) is 24.6 Å². The van der Waals surface area contributed by atoms with Gasteiger partial charge in [-0.05, 0) is 50.7 Å². The largest absolute Gasteiger partial charge is 0.396 e. The van der Waals surface area contributed by atoms with Crippen molar-refractivity contribution in [3.8, 4) is 0 Å². The van der Waals surface area contributed by atoms with Crippen molar-refractivity contribution in [1.29, 1.82) is 0 Å². The van der Waals surface area contributed by atoms with E-state index in [0.717, 1.165) is 32.2 Å². The molecule has 1 aliphatic heterocycles. The second-order valence-electron chi connectivity index (χ2n) is 6.14. The molecular weight excluding hydrogens is 266 g/mol. The highest BCUT2D eigenvalue weighted by Crippen LogP contribution is 2.16. The van der Waals surface area contributed by atoms with Gasteiger partial charge in [0.1, 0.15) is 0 Å². The number of rotatable bonds is 5. The fraction of sp³-hybridized carbons (Fsp3) is 0.688. The molecule has 2 N–H and O–H groups in total. The number of aliphatic hydroxyl groups is 1. The van der Waals surface area contributed by atoms with E-state index in [1.807, 2.05) is 31.1 Å². The standard InChI is InChI=1S/C16H27N3O2/c1-13(7-8-15-6-4-9-18(15)2)17-16(21)19-10-3-5-14(11-19)12-20/h4,6,9,13-14,20H,3,5,7-8,10-12H2,1-2H3,(H,17,21). The number of carbonyl (C=O) groups excluding carboxylic acids is 1. The van der Waals surface area contributed by atoms with Crippen LogP contribution < -0.4 is 5.32 Å². The fourth-order valence-corrected chi connectivity index (χ4v) is 2.89. The molecule has 0 saturated carbocycles. The predicted molar refractivity (Wildman–Crippen MR) is 83.1 cm³/mol. The highest BCUT2D eigenvalue weighted by atomic mass is 16.3. The van der Waals surface area contributed by atoms with Gasteiger partial charge in [-0.1, -0.05) is 0 Å². The Morgan fingerprint density at radius 1 is 1.57 bits per heavy atom. The lowest BCUT2D eigenvalue weighted by Gasteiger charge is -2.32. The third-order valence-electron chi connectivity index (χ3n) is 4.32. The maximum absolute atomic E-state index is 12.2. The van der Waals surface area contributed by atoms with Crippen LogP contribution in [0.4, 0.5) is 4.79 Å². The topological polar surface area (TPSA) is 57.5 Å². The minimum Gasteiger partial charge on any atom is -0.396 e. The number of hydrogen-bond donors (Lipinski definition) is 2. The third-order valence-corrected chi connectivity index (χ3v) is 4.32. The zero-order valence-electron chi connectivity index (χ0n) is 13.1. The number of amides is 2. The number of urea groups is 1. The van der Waals surface area contributed by atoms with Crippen LogP contribution in [-0.2, 0) is 13.5 Å². The minimum absolute atomic E-state index is 0.00697. The van der Waals surface area contributed by atoms with Crippen molar-refractivity contribution in [2.45, 2.75) is 38.6 Å². The molecule has 2 atom stereocenters. The molecule has 0 bridgehead atoms. The van der Waals surface area contributed by atoms with Crippen molar-refractivity contribution >= 4 is 6.03 Å². The molecule has 1 aromatic rings. The summed E-state index contributed by atoms with van der Waals surface area (Å²) >= 11 is 0. The predicted octanol–water partition coefficient (Wildman–Crippen LogP) is 1.76. The number of hydrogen-bond acceptors (Lipinski definition) is 2. The number of carbonyl (C=O) groups is 1. The summed E-state index contributed by atoms with van der Waals surface area (Å²) in [5.41, 5.74) is 1.29. The van der Waals surface area contributed by atoms with E-state index in [2.05, 4.69) is 16.0 Å². The van der Waals surface area contributed by atoms with Crippen molar-refractivity contribution in [3.63, 3.8) is 0 Å². The SMILES string of the molecule is CC(CCc1cccn1C)NC(=O)N1CCCC(CO)C1. The van der Waals surface area contributed by atoms with Gasteiger partial charge >= 0.3 is 6.03 Å². The van der Waals surface area contributed by atoms with E-state index in [1.54, 1.807) is 0 Å². The molecular formula is C16H27N3O2. The lowest BCUT2D eigenvalue weighted by molar-refractivity contribution is 0.128. The molecule has 2 unspecified atom stereocenters. The normalized spacial score (nSPS) is 20.3. The summed E-state index contributed by atoms with van der Waals surface area (Å²) in [5, 5.41) is 12.3. The van der Waals surface area contributed by atoms with Crippen LogP contribution in [0.15, 0.2) is 18.3 Å². The van der Waals surface area contributed by atoms with E-state index in [1.165, 1.54) is 5.69 Å². The van der Waals surface area contributed by atoms with Crippen LogP contribution in [0.5, 0.6) is 0 Å². The van der Waals surface area contributed by atoms with Gasteiger partial charge in [0, 0.05) is 44.7 Å². The first kappa shape index (κ1) is 15.9. The summed E-state index contributed by atoms with van der Waals surface area (Å²) in [7, 11) is 2.04. The summed E-state index contributed by atoms with van der Waals surface area (Å²) in [6.07, 6.45) is 5.94. The molecule has 0 aromatic carbocycles. The molecule has 2 amide bonds. The van der Waals surface area contributed by atoms with E-state index in [4.69, 9.17) is 0 Å². The van der Waals surface area contributed by atoms with Crippen LogP contribution in [0, 0.1) is 5.92 Å². The van der Waals surface area contributed by atoms with Crippen molar-refractivity contribution in [3.05, 3.63) is 24.0 Å². The number of nitrogens with one attached hydrogen (secondary N) is 1. The summed E-state index contributed by atoms with van der Waals surface area (Å²) in [4.78, 5) is 14.1. The molecule has 5 nitrogen and oxygen atoms in total. The average molecular weight is 293 g/mol. The first-order chi connectivity index (χ1) is 10.1. The molecule has 2 rings (SSSR count). The summed E-state index contributed by atoms with van der Waals surface area (Å²) in [6, 6.07) is 4.32. The van der Waals surface area contributed by atoms with Gasteiger partial charge in [0.2, 0.25) is 0 Å². The quantitative estimate of drug-likeness (QED) is 0.869. The molecule has 1 aliphatic rings. The van der Waals surface area contributed by atoms with E-state index in [0.29, 0.717) is 6.54 Å². The van der Waals surface area contributed by atoms with E-state index >= 15 is 0 Å². The van der Waals surface area contributed by atoms with Crippen molar-refractivity contribution in [1.82, 2.24) is 14.8 Å². The molecule has 0 radical (unpaired) electrons. The van der Waals surface area contributed by atoms with Gasteiger partial charge in [-0.25, -0.2) is 4.79 Å². The Morgan fingerprint density at radius 2 is 2.38 bits per heavy atom. The molecule has 0 aliphatic carbocycles. The summed E-state index contributed by atoms with van der Waals surface area (Å²) in [5.74, 6) is 0.239. The number of nitrogens with zero attached hydrogens (tertiary/aromatic N) is 2. The average Bonchev–Trinajstić information content (AvgIpc) is 2.90. The molecule has 2 heterocycles. The molecule has 1 fully saturated rings. The van der Waals surface area contributed by atoms with Crippen LogP contribution >= 0.6 is 0 Å². The highest BCUT2D eigenvalue weighted by Gasteiger charge is 2.23. The summed E-state index contributed by atoms with van der Waals surface area (Å²) < 4.78 is 2.12. The smallest absolute Gasteiger partial charge is 0.317 e. The Balaban J connectivity index is 1.75. The molecule has 1 saturated heterocycles. The third kappa shape index (κ3) is 4.49. The minimum atomic E-state index is 0.00697. The maximum atomic E-state index is 12.2. The molecule has 5 heteroatoms. The van der Waals surface area contributed by atoms with Crippen molar-refractivity contribution < 1.29 is 9.90 Å². The lowest BCUT2D eigenvalue weighted by Crippen LogP contribution is -2.48. The molecule has 0 spiro atoms. The van der Waals surface area contributed by atoms with Gasteiger partial charge in [-0.3, -0.25) is 0 Å². The molecule has 118 valence electrons. The fourth-order valence-electron chi connectivity index (χ4n) is 2.89. The highest BCUT2D eigenvalue weighted by molar-refractivity contribution is 5.74. The number of piperidine rings is 1. The Hall–Kier alpha value is -1.49. The maximum Gasteiger partial charge on any atom is 0.317 e. The lowest BCUT2D eigenvalue weighted by atomic mass is 9.99. The van der Waals surface area contributed by atoms with Gasteiger partial charge in [-0.2, -0.15) is 0 Å². The van der Waals surface area contributed by atoms with Gasteiger partial charge in [0.15, 0.2) is 0 Å². The Kier molecular flexibility index (Phi) is 5.67. The summed E-state index contributed by atoms with van der Waals surface area (Å²) in [6.45, 7) is 3.70.